The van der Waals surface area contributed by atoms with Crippen molar-refractivity contribution >= 4 is 21.5 Å². The molecular weight excluding hydrogens is 542 g/mol. The van der Waals surface area contributed by atoms with Gasteiger partial charge in [0.25, 0.3) is 0 Å². The Hall–Kier alpha value is -3.19. The van der Waals surface area contributed by atoms with E-state index < -0.39 is 0 Å². The Labute approximate surface area is 271 Å². The molecule has 2 spiro atoms. The van der Waals surface area contributed by atoms with Crippen LogP contribution in [0.2, 0.25) is 0 Å². The Morgan fingerprint density at radius 3 is 2.20 bits per heavy atom. The zero-order chi connectivity index (χ0) is 31.3. The van der Waals surface area contributed by atoms with Crippen LogP contribution in [0.25, 0.3) is 32.8 Å². The summed E-state index contributed by atoms with van der Waals surface area (Å²) in [5, 5.41) is 5.87. The summed E-state index contributed by atoms with van der Waals surface area (Å²) in [7, 11) is 0. The van der Waals surface area contributed by atoms with Gasteiger partial charge in [0.05, 0.1) is 10.9 Å². The minimum Gasteiger partial charge on any atom is -0.184 e. The molecule has 4 aromatic rings. The van der Waals surface area contributed by atoms with E-state index in [1.165, 1.54) is 78.8 Å². The lowest BCUT2D eigenvalue weighted by atomic mass is 9.63. The van der Waals surface area contributed by atoms with Crippen molar-refractivity contribution in [3.63, 3.8) is 0 Å². The van der Waals surface area contributed by atoms with Crippen molar-refractivity contribution in [2.24, 2.45) is 11.8 Å². The largest absolute Gasteiger partial charge is 0.222 e. The van der Waals surface area contributed by atoms with Crippen LogP contribution in [0.3, 0.4) is 0 Å². The van der Waals surface area contributed by atoms with Gasteiger partial charge in [0.15, 0.2) is 6.20 Å². The molecule has 1 nitrogen and oxygen atoms in total. The normalized spacial score (nSPS) is 21.2. The van der Waals surface area contributed by atoms with Gasteiger partial charge >= 0.3 is 0 Å². The zero-order valence-corrected chi connectivity index (χ0v) is 28.8. The number of pyridine rings is 1. The standard InChI is InChI=1S/C44H52N/c1-8-28(9-2)32-22-33(29(10-3)11-4)27-44(26-32)40-35-17-13-12-16-30(35)24-36-39(40)41-38-31(18-21-45(41)44)23-34(42(5,6)7)25-37(38)43(36)19-14-15-20-43/h12-13,16-18,21-26,28-29H,8-11,14-15,19-20,27H2,1-7H3/q+1. The molecule has 1 atom stereocenters. The van der Waals surface area contributed by atoms with E-state index >= 15 is 0 Å². The van der Waals surface area contributed by atoms with Crippen LogP contribution in [0.1, 0.15) is 129 Å². The van der Waals surface area contributed by atoms with Gasteiger partial charge in [-0.2, -0.15) is 4.57 Å². The third kappa shape index (κ3) is 3.88. The van der Waals surface area contributed by atoms with Gasteiger partial charge in [0, 0.05) is 23.5 Å². The predicted octanol–water partition coefficient (Wildman–Crippen LogP) is 11.6. The van der Waals surface area contributed by atoms with E-state index in [2.05, 4.69) is 120 Å². The smallest absolute Gasteiger partial charge is 0.184 e. The summed E-state index contributed by atoms with van der Waals surface area (Å²) < 4.78 is 2.79. The van der Waals surface area contributed by atoms with Gasteiger partial charge in [0.1, 0.15) is 0 Å². The molecule has 1 aromatic heterocycles. The summed E-state index contributed by atoms with van der Waals surface area (Å²) >= 11 is 0. The molecule has 1 fully saturated rings. The lowest BCUT2D eigenvalue weighted by Crippen LogP contribution is -2.55. The van der Waals surface area contributed by atoms with E-state index in [9.17, 15) is 0 Å². The van der Waals surface area contributed by atoms with Crippen LogP contribution in [-0.2, 0) is 16.4 Å². The molecule has 0 bridgehead atoms. The van der Waals surface area contributed by atoms with E-state index in [4.69, 9.17) is 0 Å². The zero-order valence-electron chi connectivity index (χ0n) is 28.8. The molecule has 0 N–H and O–H groups in total. The summed E-state index contributed by atoms with van der Waals surface area (Å²) in [5.74, 6) is 1.21. The Morgan fingerprint density at radius 2 is 1.51 bits per heavy atom. The molecule has 2 heterocycles. The van der Waals surface area contributed by atoms with Crippen molar-refractivity contribution < 1.29 is 4.57 Å². The van der Waals surface area contributed by atoms with Crippen molar-refractivity contribution in [1.82, 2.24) is 0 Å². The second kappa shape index (κ2) is 10.2. The Balaban J connectivity index is 1.56. The molecule has 4 aliphatic rings. The van der Waals surface area contributed by atoms with Gasteiger partial charge in [0.2, 0.25) is 11.2 Å². The van der Waals surface area contributed by atoms with Gasteiger partial charge in [-0.15, -0.1) is 0 Å². The Morgan fingerprint density at radius 1 is 0.800 bits per heavy atom. The SMILES string of the molecule is CCC(CC)C1=CC2(CC(C(CC)CC)=C1)c1c3c(cc4ccccc14)C1(CCCC1)c1cc(C(C)(C)C)cc4cc[n+]2c-3c14. The van der Waals surface area contributed by atoms with E-state index in [1.807, 2.05) is 0 Å². The number of benzene rings is 3. The number of nitrogens with zero attached hydrogens (tertiary/aromatic N) is 1. The van der Waals surface area contributed by atoms with Crippen LogP contribution < -0.4 is 4.57 Å². The third-order valence-electron chi connectivity index (χ3n) is 12.8. The molecular formula is C44H52N+. The molecule has 1 unspecified atom stereocenters. The maximum atomic E-state index is 2.79. The van der Waals surface area contributed by atoms with E-state index in [-0.39, 0.29) is 16.4 Å². The van der Waals surface area contributed by atoms with Crippen LogP contribution >= 0.6 is 0 Å². The Bertz CT molecular complexity index is 1910. The second-order valence-corrected chi connectivity index (χ2v) is 15.9. The number of hydrogen-bond acceptors (Lipinski definition) is 0. The molecule has 1 aliphatic heterocycles. The van der Waals surface area contributed by atoms with Crippen molar-refractivity contribution in [2.75, 3.05) is 0 Å². The molecule has 0 saturated heterocycles. The first kappa shape index (κ1) is 29.2. The number of fused-ring (bicyclic) bond motifs is 6. The number of aromatic nitrogens is 1. The molecule has 232 valence electrons. The first-order chi connectivity index (χ1) is 21.7. The maximum Gasteiger partial charge on any atom is 0.222 e. The molecule has 8 rings (SSSR count). The van der Waals surface area contributed by atoms with Crippen LogP contribution in [0.15, 0.2) is 78.0 Å². The minimum atomic E-state index is -0.205. The van der Waals surface area contributed by atoms with Crippen molar-refractivity contribution in [2.45, 2.75) is 123 Å². The van der Waals surface area contributed by atoms with Crippen LogP contribution in [0, 0.1) is 11.8 Å². The van der Waals surface area contributed by atoms with E-state index in [0.29, 0.717) is 11.8 Å². The van der Waals surface area contributed by atoms with Crippen molar-refractivity contribution in [3.05, 3.63) is 100 Å². The van der Waals surface area contributed by atoms with Crippen molar-refractivity contribution in [3.8, 4) is 11.3 Å². The fourth-order valence-electron chi connectivity index (χ4n) is 10.3. The molecule has 3 aliphatic carbocycles. The topological polar surface area (TPSA) is 3.88 Å². The molecule has 0 radical (unpaired) electrons. The fraction of sp³-hybridized carbons (Fsp3) is 0.477. The summed E-state index contributed by atoms with van der Waals surface area (Å²) in [6.07, 6.45) is 19.0. The van der Waals surface area contributed by atoms with Gasteiger partial charge in [-0.05, 0) is 106 Å². The second-order valence-electron chi connectivity index (χ2n) is 15.9. The highest BCUT2D eigenvalue weighted by atomic mass is 15.1. The van der Waals surface area contributed by atoms with Crippen LogP contribution in [0.5, 0.6) is 0 Å². The van der Waals surface area contributed by atoms with Gasteiger partial charge in [-0.1, -0.05) is 109 Å². The summed E-state index contributed by atoms with van der Waals surface area (Å²) in [6.45, 7) is 16.8. The first-order valence-electron chi connectivity index (χ1n) is 18.2. The van der Waals surface area contributed by atoms with Crippen LogP contribution in [-0.4, -0.2) is 0 Å². The first-order valence-corrected chi connectivity index (χ1v) is 18.2. The van der Waals surface area contributed by atoms with Crippen LogP contribution in [0.4, 0.5) is 0 Å². The highest BCUT2D eigenvalue weighted by molar-refractivity contribution is 6.07. The molecule has 1 saturated carbocycles. The van der Waals surface area contributed by atoms with Gasteiger partial charge < -0.3 is 0 Å². The number of allylic oxidation sites excluding steroid dienone is 4. The molecule has 0 amide bonds. The monoisotopic (exact) mass is 594 g/mol. The van der Waals surface area contributed by atoms with Crippen molar-refractivity contribution in [1.29, 1.82) is 0 Å². The summed E-state index contributed by atoms with van der Waals surface area (Å²) in [6, 6.07) is 19.7. The fourth-order valence-corrected chi connectivity index (χ4v) is 10.3. The average Bonchev–Trinajstić information content (AvgIpc) is 3.63. The summed E-state index contributed by atoms with van der Waals surface area (Å²) in [5.41, 5.74) is 12.7. The molecule has 45 heavy (non-hydrogen) atoms. The van der Waals surface area contributed by atoms with E-state index in [1.54, 1.807) is 38.8 Å². The van der Waals surface area contributed by atoms with E-state index in [0.717, 1.165) is 6.42 Å². The molecule has 1 heteroatoms. The minimum absolute atomic E-state index is 0.0932. The number of rotatable bonds is 6. The number of hydrogen-bond donors (Lipinski definition) is 0. The lowest BCUT2D eigenvalue weighted by Gasteiger charge is -2.37. The quantitative estimate of drug-likeness (QED) is 0.196. The van der Waals surface area contributed by atoms with Gasteiger partial charge in [-0.3, -0.25) is 0 Å². The highest BCUT2D eigenvalue weighted by Crippen LogP contribution is 2.62. The predicted molar refractivity (Wildman–Crippen MR) is 191 cm³/mol. The van der Waals surface area contributed by atoms with Gasteiger partial charge in [-0.25, -0.2) is 0 Å². The maximum absolute atomic E-state index is 2.79. The molecule has 3 aromatic carbocycles. The summed E-state index contributed by atoms with van der Waals surface area (Å²) in [4.78, 5) is 0. The Kier molecular flexibility index (Phi) is 6.60. The lowest BCUT2D eigenvalue weighted by molar-refractivity contribution is -0.725. The highest BCUT2D eigenvalue weighted by Gasteiger charge is 2.58. The average molecular weight is 595 g/mol. The third-order valence-corrected chi connectivity index (χ3v) is 12.8.